The second kappa shape index (κ2) is 7.75. The predicted octanol–water partition coefficient (Wildman–Crippen LogP) is 0.857. The highest BCUT2D eigenvalue weighted by atomic mass is 16.5. The van der Waals surface area contributed by atoms with E-state index in [1.807, 2.05) is 0 Å². The van der Waals surface area contributed by atoms with Crippen molar-refractivity contribution in [2.45, 2.75) is 51.2 Å². The van der Waals surface area contributed by atoms with Gasteiger partial charge in [-0.25, -0.2) is 4.79 Å². The van der Waals surface area contributed by atoms with Crippen molar-refractivity contribution in [3.63, 3.8) is 0 Å². The lowest BCUT2D eigenvalue weighted by Crippen LogP contribution is -2.41. The molecule has 0 radical (unpaired) electrons. The molecule has 6 heteroatoms. The number of amides is 1. The quantitative estimate of drug-likeness (QED) is 0.760. The molecule has 0 bridgehead atoms. The Hall–Kier alpha value is -1.14. The fraction of sp³-hybridized carbons (Fsp3) is 0.867. The Balaban J connectivity index is 1.65. The van der Waals surface area contributed by atoms with Crippen LogP contribution < -0.4 is 5.32 Å². The van der Waals surface area contributed by atoms with Crippen LogP contribution in [-0.4, -0.2) is 60.3 Å². The van der Waals surface area contributed by atoms with Crippen molar-refractivity contribution in [2.24, 2.45) is 5.92 Å². The van der Waals surface area contributed by atoms with Gasteiger partial charge in [0, 0.05) is 13.1 Å². The van der Waals surface area contributed by atoms with Gasteiger partial charge in [-0.2, -0.15) is 0 Å². The molecular weight excluding hydrogens is 272 g/mol. The average Bonchev–Trinajstić information content (AvgIpc) is 2.96. The van der Waals surface area contributed by atoms with Crippen LogP contribution in [0, 0.1) is 5.92 Å². The summed E-state index contributed by atoms with van der Waals surface area (Å²) < 4.78 is 5.24. The third-order valence-corrected chi connectivity index (χ3v) is 4.23. The molecule has 0 aromatic heterocycles. The number of carboxylic acids is 1. The van der Waals surface area contributed by atoms with Gasteiger partial charge in [-0.1, -0.05) is 13.3 Å². The smallest absolute Gasteiger partial charge is 0.332 e. The van der Waals surface area contributed by atoms with Gasteiger partial charge in [0.15, 0.2) is 6.10 Å². The molecule has 2 rings (SSSR count). The van der Waals surface area contributed by atoms with E-state index in [4.69, 9.17) is 9.84 Å². The summed E-state index contributed by atoms with van der Waals surface area (Å²) >= 11 is 0. The molecule has 21 heavy (non-hydrogen) atoms. The van der Waals surface area contributed by atoms with Crippen LogP contribution in [0.1, 0.15) is 39.0 Å². The number of nitrogens with one attached hydrogen (secondary N) is 1. The number of carboxylic acid groups (broad SMARTS) is 1. The van der Waals surface area contributed by atoms with Crippen molar-refractivity contribution in [3.8, 4) is 0 Å². The topological polar surface area (TPSA) is 78.9 Å². The Kier molecular flexibility index (Phi) is 5.99. The van der Waals surface area contributed by atoms with E-state index < -0.39 is 18.2 Å². The third-order valence-electron chi connectivity index (χ3n) is 4.23. The zero-order valence-corrected chi connectivity index (χ0v) is 12.7. The van der Waals surface area contributed by atoms with Gasteiger partial charge in [0.2, 0.25) is 5.91 Å². The minimum Gasteiger partial charge on any atom is -0.479 e. The minimum absolute atomic E-state index is 0.177. The molecular formula is C15H26N2O4. The Bertz CT molecular complexity index is 369. The molecule has 2 heterocycles. The van der Waals surface area contributed by atoms with Gasteiger partial charge in [0.1, 0.15) is 6.10 Å². The van der Waals surface area contributed by atoms with E-state index in [9.17, 15) is 9.59 Å². The summed E-state index contributed by atoms with van der Waals surface area (Å²) in [5.41, 5.74) is 0. The van der Waals surface area contributed by atoms with Gasteiger partial charge < -0.3 is 20.1 Å². The number of nitrogens with zero attached hydrogens (tertiary/aromatic N) is 1. The summed E-state index contributed by atoms with van der Waals surface area (Å²) in [5, 5.41) is 11.7. The second-order valence-corrected chi connectivity index (χ2v) is 6.24. The molecule has 0 aliphatic carbocycles. The number of rotatable bonds is 6. The van der Waals surface area contributed by atoms with Crippen molar-refractivity contribution in [1.82, 2.24) is 10.2 Å². The van der Waals surface area contributed by atoms with Crippen LogP contribution in [-0.2, 0) is 14.3 Å². The first-order valence-electron chi connectivity index (χ1n) is 7.94. The maximum Gasteiger partial charge on any atom is 0.332 e. The van der Waals surface area contributed by atoms with Crippen molar-refractivity contribution in [2.75, 3.05) is 26.2 Å². The fourth-order valence-electron chi connectivity index (χ4n) is 3.05. The van der Waals surface area contributed by atoms with Crippen molar-refractivity contribution in [3.05, 3.63) is 0 Å². The van der Waals surface area contributed by atoms with Gasteiger partial charge in [0.25, 0.3) is 0 Å². The molecule has 0 spiro atoms. The van der Waals surface area contributed by atoms with E-state index in [0.717, 1.165) is 19.6 Å². The molecule has 2 N–H and O–H groups in total. The summed E-state index contributed by atoms with van der Waals surface area (Å²) in [6.07, 6.45) is 3.34. The second-order valence-electron chi connectivity index (χ2n) is 6.24. The number of aliphatic carboxylic acids is 1. The number of hydrogen-bond acceptors (Lipinski definition) is 4. The number of carbonyl (C=O) groups is 2. The van der Waals surface area contributed by atoms with E-state index in [1.165, 1.54) is 19.3 Å². The Morgan fingerprint density at radius 3 is 2.52 bits per heavy atom. The molecule has 0 aromatic carbocycles. The average molecular weight is 298 g/mol. The molecule has 0 saturated carbocycles. The number of likely N-dealkylation sites (tertiary alicyclic amines) is 1. The normalized spacial score (nSPS) is 28.2. The Morgan fingerprint density at radius 1 is 1.24 bits per heavy atom. The SMILES string of the molecule is CC(CNC(=O)C1CCC(C(=O)O)O1)CN1CCCCC1. The monoisotopic (exact) mass is 298 g/mol. The highest BCUT2D eigenvalue weighted by molar-refractivity contribution is 5.82. The zero-order valence-electron chi connectivity index (χ0n) is 12.7. The lowest BCUT2D eigenvalue weighted by Gasteiger charge is -2.29. The van der Waals surface area contributed by atoms with Crippen molar-refractivity contribution in [1.29, 1.82) is 0 Å². The lowest BCUT2D eigenvalue weighted by molar-refractivity contribution is -0.151. The Morgan fingerprint density at radius 2 is 1.90 bits per heavy atom. The number of ether oxygens (including phenoxy) is 1. The van der Waals surface area contributed by atoms with E-state index in [1.54, 1.807) is 0 Å². The predicted molar refractivity (Wildman–Crippen MR) is 78.0 cm³/mol. The summed E-state index contributed by atoms with van der Waals surface area (Å²) in [5.74, 6) is -0.767. The van der Waals surface area contributed by atoms with Crippen LogP contribution >= 0.6 is 0 Å². The van der Waals surface area contributed by atoms with E-state index in [0.29, 0.717) is 25.3 Å². The molecule has 1 amide bonds. The maximum atomic E-state index is 12.0. The maximum absolute atomic E-state index is 12.0. The Labute approximate surface area is 125 Å². The molecule has 3 atom stereocenters. The van der Waals surface area contributed by atoms with Gasteiger partial charge in [-0.3, -0.25) is 4.79 Å². The largest absolute Gasteiger partial charge is 0.479 e. The third kappa shape index (κ3) is 4.97. The van der Waals surface area contributed by atoms with Crippen LogP contribution in [0.5, 0.6) is 0 Å². The first-order valence-corrected chi connectivity index (χ1v) is 7.94. The summed E-state index contributed by atoms with van der Waals surface area (Å²) in [7, 11) is 0. The lowest BCUT2D eigenvalue weighted by atomic mass is 10.1. The van der Waals surface area contributed by atoms with Crippen LogP contribution in [0.4, 0.5) is 0 Å². The van der Waals surface area contributed by atoms with Crippen LogP contribution in [0.2, 0.25) is 0 Å². The van der Waals surface area contributed by atoms with E-state index in [-0.39, 0.29) is 5.91 Å². The molecule has 3 unspecified atom stereocenters. The summed E-state index contributed by atoms with van der Waals surface area (Å²) in [6.45, 7) is 6.07. The zero-order chi connectivity index (χ0) is 15.2. The van der Waals surface area contributed by atoms with E-state index >= 15 is 0 Å². The molecule has 120 valence electrons. The van der Waals surface area contributed by atoms with Crippen molar-refractivity contribution >= 4 is 11.9 Å². The highest BCUT2D eigenvalue weighted by Crippen LogP contribution is 2.20. The molecule has 0 aromatic rings. The highest BCUT2D eigenvalue weighted by Gasteiger charge is 2.34. The van der Waals surface area contributed by atoms with E-state index in [2.05, 4.69) is 17.1 Å². The number of carbonyl (C=O) groups excluding carboxylic acids is 1. The van der Waals surface area contributed by atoms with Crippen LogP contribution in [0.25, 0.3) is 0 Å². The molecule has 6 nitrogen and oxygen atoms in total. The number of piperidine rings is 1. The van der Waals surface area contributed by atoms with Gasteiger partial charge >= 0.3 is 5.97 Å². The molecule has 2 saturated heterocycles. The van der Waals surface area contributed by atoms with Gasteiger partial charge in [-0.15, -0.1) is 0 Å². The first kappa shape index (κ1) is 16.2. The standard InChI is InChI=1S/C15H26N2O4/c1-11(10-17-7-3-2-4-8-17)9-16-14(18)12-5-6-13(21-12)15(19)20/h11-13H,2-10H2,1H3,(H,16,18)(H,19,20). The van der Waals surface area contributed by atoms with Crippen LogP contribution in [0.3, 0.4) is 0 Å². The number of hydrogen-bond donors (Lipinski definition) is 2. The first-order chi connectivity index (χ1) is 10.1. The fourth-order valence-corrected chi connectivity index (χ4v) is 3.05. The minimum atomic E-state index is -0.983. The van der Waals surface area contributed by atoms with Gasteiger partial charge in [-0.05, 0) is 44.7 Å². The summed E-state index contributed by atoms with van der Waals surface area (Å²) in [4.78, 5) is 25.2. The van der Waals surface area contributed by atoms with Crippen LogP contribution in [0.15, 0.2) is 0 Å². The van der Waals surface area contributed by atoms with Crippen molar-refractivity contribution < 1.29 is 19.4 Å². The molecule has 2 fully saturated rings. The van der Waals surface area contributed by atoms with Gasteiger partial charge in [0.05, 0.1) is 0 Å². The molecule has 2 aliphatic heterocycles. The summed E-state index contributed by atoms with van der Waals surface area (Å²) in [6, 6.07) is 0. The molecule has 2 aliphatic rings.